The van der Waals surface area contributed by atoms with Gasteiger partial charge in [0.15, 0.2) is 5.52 Å². The summed E-state index contributed by atoms with van der Waals surface area (Å²) in [5.41, 5.74) is 7.10. The number of benzene rings is 1. The van der Waals surface area contributed by atoms with Gasteiger partial charge in [0.25, 0.3) is 5.88 Å². The van der Waals surface area contributed by atoms with E-state index in [1.54, 1.807) is 30.1 Å². The molecule has 141 valence electrons. The molecule has 1 aromatic carbocycles. The van der Waals surface area contributed by atoms with Crippen molar-refractivity contribution in [2.24, 2.45) is 5.73 Å². The first-order valence-electron chi connectivity index (χ1n) is 8.60. The van der Waals surface area contributed by atoms with Gasteiger partial charge in [-0.2, -0.15) is 4.98 Å². The molecule has 3 rings (SSSR count). The molecule has 8 heteroatoms. The van der Waals surface area contributed by atoms with Crippen molar-refractivity contribution in [3.05, 3.63) is 48.0 Å². The monoisotopic (exact) mass is 370 g/mol. The van der Waals surface area contributed by atoms with Crippen LogP contribution < -0.4 is 15.4 Å². The molecule has 0 saturated carbocycles. The fourth-order valence-electron chi connectivity index (χ4n) is 2.62. The number of rotatable bonds is 7. The molecule has 0 spiro atoms. The molecule has 0 aliphatic carbocycles. The fraction of sp³-hybridized carbons (Fsp3) is 0.316. The minimum absolute atomic E-state index is 0.0295. The number of halogens is 1. The van der Waals surface area contributed by atoms with Crippen molar-refractivity contribution < 1.29 is 14.2 Å². The van der Waals surface area contributed by atoms with Gasteiger partial charge in [-0.1, -0.05) is 0 Å². The van der Waals surface area contributed by atoms with Crippen LogP contribution in [0.25, 0.3) is 11.0 Å². The van der Waals surface area contributed by atoms with Crippen LogP contribution in [0, 0.1) is 5.82 Å². The van der Waals surface area contributed by atoms with E-state index in [9.17, 15) is 9.50 Å². The molecule has 2 N–H and O–H groups in total. The number of hydrogen-bond donors (Lipinski definition) is 1. The van der Waals surface area contributed by atoms with Gasteiger partial charge in [0, 0.05) is 25.2 Å². The van der Waals surface area contributed by atoms with Gasteiger partial charge in [-0.05, 0) is 43.7 Å². The van der Waals surface area contributed by atoms with Gasteiger partial charge in [-0.15, -0.1) is 0 Å². The molecular weight excluding hydrogens is 349 g/mol. The first kappa shape index (κ1) is 18.8. The second-order valence-electron chi connectivity index (χ2n) is 6.44. The third-order valence-electron chi connectivity index (χ3n) is 4.09. The van der Waals surface area contributed by atoms with Crippen molar-refractivity contribution in [1.82, 2.24) is 15.0 Å². The summed E-state index contributed by atoms with van der Waals surface area (Å²) in [7, 11) is 1.80. The van der Waals surface area contributed by atoms with Crippen LogP contribution in [0.1, 0.15) is 18.9 Å². The highest BCUT2D eigenvalue weighted by Gasteiger charge is 2.13. The van der Waals surface area contributed by atoms with Gasteiger partial charge in [0.05, 0.1) is 12.1 Å². The first-order chi connectivity index (χ1) is 12.9. The lowest BCUT2D eigenvalue weighted by molar-refractivity contribution is 0.297. The third kappa shape index (κ3) is 4.59. The fourth-order valence-corrected chi connectivity index (χ4v) is 2.62. The van der Waals surface area contributed by atoms with E-state index >= 15 is 0 Å². The zero-order valence-electron chi connectivity index (χ0n) is 15.2. The van der Waals surface area contributed by atoms with E-state index in [2.05, 4.69) is 15.0 Å². The lowest BCUT2D eigenvalue weighted by Gasteiger charge is -2.21. The topological polar surface area (TPSA) is 97.1 Å². The second-order valence-corrected chi connectivity index (χ2v) is 6.44. The van der Waals surface area contributed by atoms with Crippen molar-refractivity contribution in [2.75, 3.05) is 18.6 Å². The molecule has 0 bridgehead atoms. The lowest BCUT2D eigenvalue weighted by atomic mass is 10.1. The van der Waals surface area contributed by atoms with E-state index < -0.39 is 5.88 Å². The Kier molecular flexibility index (Phi) is 5.66. The highest BCUT2D eigenvalue weighted by Crippen LogP contribution is 2.26. The second kappa shape index (κ2) is 8.13. The number of anilines is 1. The summed E-state index contributed by atoms with van der Waals surface area (Å²) in [6.45, 7) is 2.71. The molecule has 0 fully saturated rings. The SMILES string of the molecule is C[C@@H](N)CCOc1ccc(F)cc1CN(C)c1ccc2ncnc([O])c2n1. The van der Waals surface area contributed by atoms with E-state index in [0.717, 1.165) is 0 Å². The van der Waals surface area contributed by atoms with Crippen molar-refractivity contribution in [3.8, 4) is 11.6 Å². The molecule has 0 unspecified atom stereocenters. The summed E-state index contributed by atoms with van der Waals surface area (Å²) in [5, 5.41) is 11.9. The smallest absolute Gasteiger partial charge is 0.299 e. The van der Waals surface area contributed by atoms with E-state index in [1.165, 1.54) is 18.5 Å². The highest BCUT2D eigenvalue weighted by molar-refractivity contribution is 5.80. The molecule has 7 nitrogen and oxygen atoms in total. The molecule has 1 atom stereocenters. The number of nitrogens with zero attached hydrogens (tertiary/aromatic N) is 4. The summed E-state index contributed by atoms with van der Waals surface area (Å²) in [6, 6.07) is 7.90. The Morgan fingerprint density at radius 3 is 2.85 bits per heavy atom. The van der Waals surface area contributed by atoms with Gasteiger partial charge in [0.2, 0.25) is 0 Å². The largest absolute Gasteiger partial charge is 0.493 e. The predicted octanol–water partition coefficient (Wildman–Crippen LogP) is 3.06. The maximum absolute atomic E-state index is 13.7. The zero-order valence-corrected chi connectivity index (χ0v) is 15.2. The van der Waals surface area contributed by atoms with Crippen LogP contribution in [0.5, 0.6) is 11.6 Å². The third-order valence-corrected chi connectivity index (χ3v) is 4.09. The minimum atomic E-state index is -0.430. The highest BCUT2D eigenvalue weighted by atomic mass is 19.1. The average molecular weight is 370 g/mol. The summed E-state index contributed by atoms with van der Waals surface area (Å²) in [6.07, 6.45) is 1.92. The van der Waals surface area contributed by atoms with Crippen molar-refractivity contribution in [1.29, 1.82) is 0 Å². The van der Waals surface area contributed by atoms with Gasteiger partial charge in [-0.25, -0.2) is 14.4 Å². The summed E-state index contributed by atoms with van der Waals surface area (Å²) >= 11 is 0. The molecule has 27 heavy (non-hydrogen) atoms. The number of hydrogen-bond acceptors (Lipinski definition) is 6. The van der Waals surface area contributed by atoms with E-state index in [4.69, 9.17) is 10.5 Å². The molecule has 0 aliphatic heterocycles. The van der Waals surface area contributed by atoms with Gasteiger partial charge < -0.3 is 15.4 Å². The molecule has 1 radical (unpaired) electrons. The van der Waals surface area contributed by atoms with Gasteiger partial charge in [-0.3, -0.25) is 5.11 Å². The number of pyridine rings is 1. The molecule has 2 heterocycles. The van der Waals surface area contributed by atoms with Crippen molar-refractivity contribution in [3.63, 3.8) is 0 Å². The summed E-state index contributed by atoms with van der Waals surface area (Å²) < 4.78 is 19.5. The standard InChI is InChI=1S/C19H21FN5O2/c1-12(21)7-8-27-16-5-3-14(20)9-13(16)10-25(2)17-6-4-15-18(24-17)19(26)23-11-22-15/h3-6,9,11-12H,7-8,10,21H2,1-2H3/t12-/m1/s1. The van der Waals surface area contributed by atoms with E-state index in [0.29, 0.717) is 42.2 Å². The van der Waals surface area contributed by atoms with Crippen LogP contribution >= 0.6 is 0 Å². The Labute approximate surface area is 156 Å². The average Bonchev–Trinajstić information content (AvgIpc) is 2.63. The van der Waals surface area contributed by atoms with Crippen LogP contribution in [-0.2, 0) is 11.7 Å². The van der Waals surface area contributed by atoms with Gasteiger partial charge in [0.1, 0.15) is 23.7 Å². The molecule has 0 saturated heterocycles. The first-order valence-corrected chi connectivity index (χ1v) is 8.60. The van der Waals surface area contributed by atoms with Crippen LogP contribution in [0.3, 0.4) is 0 Å². The van der Waals surface area contributed by atoms with E-state index in [1.807, 2.05) is 6.92 Å². The Morgan fingerprint density at radius 1 is 1.26 bits per heavy atom. The van der Waals surface area contributed by atoms with Crippen LogP contribution in [0.4, 0.5) is 10.2 Å². The number of nitrogens with two attached hydrogens (primary N) is 1. The Morgan fingerprint density at radius 2 is 2.07 bits per heavy atom. The Balaban J connectivity index is 1.82. The zero-order chi connectivity index (χ0) is 19.4. The number of fused-ring (bicyclic) bond motifs is 1. The summed E-state index contributed by atoms with van der Waals surface area (Å²) in [4.78, 5) is 13.8. The normalized spacial score (nSPS) is 12.1. The van der Waals surface area contributed by atoms with Crippen molar-refractivity contribution in [2.45, 2.75) is 25.9 Å². The number of ether oxygens (including phenoxy) is 1. The maximum atomic E-state index is 13.7. The lowest BCUT2D eigenvalue weighted by Crippen LogP contribution is -2.20. The van der Waals surface area contributed by atoms with Crippen LogP contribution in [-0.4, -0.2) is 34.6 Å². The maximum Gasteiger partial charge on any atom is 0.299 e. The quantitative estimate of drug-likeness (QED) is 0.686. The molecule has 0 amide bonds. The molecule has 2 aromatic heterocycles. The molecule has 0 aliphatic rings. The van der Waals surface area contributed by atoms with Gasteiger partial charge >= 0.3 is 0 Å². The Hall–Kier alpha value is -3.00. The molecular formula is C19H21FN5O2. The van der Waals surface area contributed by atoms with Crippen LogP contribution in [0.15, 0.2) is 36.7 Å². The number of aromatic nitrogens is 3. The molecule has 3 aromatic rings. The van der Waals surface area contributed by atoms with Crippen molar-refractivity contribution >= 4 is 16.9 Å². The summed E-state index contributed by atoms with van der Waals surface area (Å²) in [5.74, 6) is 0.373. The predicted molar refractivity (Wildman–Crippen MR) is 99.7 cm³/mol. The van der Waals surface area contributed by atoms with Crippen LogP contribution in [0.2, 0.25) is 0 Å². The minimum Gasteiger partial charge on any atom is -0.493 e. The Bertz CT molecular complexity index is 935. The van der Waals surface area contributed by atoms with E-state index in [-0.39, 0.29) is 17.4 Å².